The smallest absolute Gasteiger partial charge is 0.354 e. The van der Waals surface area contributed by atoms with E-state index in [1.165, 1.54) is 13.1 Å². The maximum Gasteiger partial charge on any atom is 0.416 e. The number of nitrogens with one attached hydrogen (secondary N) is 3. The van der Waals surface area contributed by atoms with E-state index in [1.54, 1.807) is 6.07 Å². The lowest BCUT2D eigenvalue weighted by Gasteiger charge is -2.13. The van der Waals surface area contributed by atoms with Crippen LogP contribution in [0.5, 0.6) is 0 Å². The van der Waals surface area contributed by atoms with Crippen molar-refractivity contribution in [3.05, 3.63) is 71.3 Å². The van der Waals surface area contributed by atoms with Gasteiger partial charge >= 0.3 is 6.18 Å². The molecule has 0 heterocycles. The minimum absolute atomic E-state index is 0. The summed E-state index contributed by atoms with van der Waals surface area (Å²) < 4.78 is 38.3. The molecule has 0 aromatic heterocycles. The summed E-state index contributed by atoms with van der Waals surface area (Å²) in [6.07, 6.45) is -3.65. The molecular formula is C20H24F3IN4O. The molecule has 0 atom stereocenters. The molecule has 0 fully saturated rings. The average molecular weight is 520 g/mol. The Morgan fingerprint density at radius 1 is 0.966 bits per heavy atom. The number of hydrogen-bond donors (Lipinski definition) is 3. The molecule has 2 rings (SSSR count). The van der Waals surface area contributed by atoms with Gasteiger partial charge in [-0.05, 0) is 29.7 Å². The maximum absolute atomic E-state index is 12.8. The number of nitrogens with zero attached hydrogens (tertiary/aromatic N) is 1. The number of rotatable bonds is 7. The summed E-state index contributed by atoms with van der Waals surface area (Å²) in [7, 11) is 1.52. The van der Waals surface area contributed by atoms with Crippen molar-refractivity contribution in [2.75, 3.05) is 20.1 Å². The summed E-state index contributed by atoms with van der Waals surface area (Å²) in [5, 5.41) is 8.53. The zero-order valence-corrected chi connectivity index (χ0v) is 18.3. The van der Waals surface area contributed by atoms with Gasteiger partial charge in [0.2, 0.25) is 5.91 Å². The summed E-state index contributed by atoms with van der Waals surface area (Å²) in [4.78, 5) is 15.9. The monoisotopic (exact) mass is 520 g/mol. The average Bonchev–Trinajstić information content (AvgIpc) is 2.68. The molecule has 0 radical (unpaired) electrons. The van der Waals surface area contributed by atoms with E-state index < -0.39 is 11.7 Å². The molecule has 5 nitrogen and oxygen atoms in total. The third-order valence-electron chi connectivity index (χ3n) is 3.93. The van der Waals surface area contributed by atoms with E-state index in [0.29, 0.717) is 18.1 Å². The predicted octanol–water partition coefficient (Wildman–Crippen LogP) is 3.35. The lowest BCUT2D eigenvalue weighted by molar-refractivity contribution is -0.137. The number of halogens is 4. The zero-order valence-electron chi connectivity index (χ0n) is 15.9. The number of hydrogen-bond acceptors (Lipinski definition) is 2. The van der Waals surface area contributed by atoms with E-state index in [9.17, 15) is 18.0 Å². The van der Waals surface area contributed by atoms with Crippen LogP contribution in [0.4, 0.5) is 13.2 Å². The van der Waals surface area contributed by atoms with Gasteiger partial charge in [-0.1, -0.05) is 42.5 Å². The maximum atomic E-state index is 12.8. The van der Waals surface area contributed by atoms with Crippen molar-refractivity contribution in [1.29, 1.82) is 0 Å². The van der Waals surface area contributed by atoms with Crippen molar-refractivity contribution < 1.29 is 18.0 Å². The van der Waals surface area contributed by atoms with Gasteiger partial charge in [-0.2, -0.15) is 13.2 Å². The van der Waals surface area contributed by atoms with Gasteiger partial charge < -0.3 is 16.0 Å². The molecule has 3 N–H and O–H groups in total. The number of benzene rings is 2. The molecule has 0 aliphatic rings. The van der Waals surface area contributed by atoms with Crippen molar-refractivity contribution in [3.63, 3.8) is 0 Å². The number of aliphatic imine (C=N–C) groups is 1. The molecule has 0 aliphatic carbocycles. The molecule has 9 heteroatoms. The van der Waals surface area contributed by atoms with Crippen LogP contribution in [-0.4, -0.2) is 32.0 Å². The van der Waals surface area contributed by atoms with Gasteiger partial charge in [0.15, 0.2) is 5.96 Å². The Morgan fingerprint density at radius 2 is 1.66 bits per heavy atom. The highest BCUT2D eigenvalue weighted by Crippen LogP contribution is 2.29. The third-order valence-corrected chi connectivity index (χ3v) is 3.93. The number of carbonyl (C=O) groups excluding carboxylic acids is 1. The Kier molecular flexibility index (Phi) is 10.5. The molecule has 0 saturated carbocycles. The van der Waals surface area contributed by atoms with Crippen LogP contribution in [0.1, 0.15) is 16.7 Å². The largest absolute Gasteiger partial charge is 0.416 e. The molecule has 2 aromatic carbocycles. The van der Waals surface area contributed by atoms with Crippen LogP contribution in [0.3, 0.4) is 0 Å². The summed E-state index contributed by atoms with van der Waals surface area (Å²) in [6.45, 7) is 0.678. The van der Waals surface area contributed by atoms with Gasteiger partial charge in [-0.3, -0.25) is 9.79 Å². The first-order chi connectivity index (χ1) is 13.4. The Labute approximate surface area is 185 Å². The summed E-state index contributed by atoms with van der Waals surface area (Å²) in [5.74, 6) is 0.133. The first kappa shape index (κ1) is 24.7. The lowest BCUT2D eigenvalue weighted by Crippen LogP contribution is -2.43. The van der Waals surface area contributed by atoms with Gasteiger partial charge in [0.05, 0.1) is 12.1 Å². The first-order valence-corrected chi connectivity index (χ1v) is 8.80. The molecule has 0 saturated heterocycles. The van der Waals surface area contributed by atoms with E-state index >= 15 is 0 Å². The summed E-state index contributed by atoms with van der Waals surface area (Å²) in [6, 6.07) is 14.9. The highest BCUT2D eigenvalue weighted by atomic mass is 127. The standard InChI is InChI=1S/C20H23F3N4O.HI/c1-24-19(26-13-16-8-5-9-17(12-16)20(21,22)23)27-14-18(28)25-11-10-15-6-3-2-4-7-15;/h2-9,12H,10-11,13-14H2,1H3,(H,25,28)(H2,24,26,27);1H. The Hall–Kier alpha value is -2.30. The second-order valence-electron chi connectivity index (χ2n) is 6.06. The molecule has 29 heavy (non-hydrogen) atoms. The van der Waals surface area contributed by atoms with Crippen LogP contribution < -0.4 is 16.0 Å². The van der Waals surface area contributed by atoms with Crippen molar-refractivity contribution in [2.24, 2.45) is 4.99 Å². The fourth-order valence-corrected chi connectivity index (χ4v) is 2.48. The summed E-state index contributed by atoms with van der Waals surface area (Å²) >= 11 is 0. The normalized spacial score (nSPS) is 11.4. The number of carbonyl (C=O) groups is 1. The topological polar surface area (TPSA) is 65.5 Å². The molecule has 0 spiro atoms. The van der Waals surface area contributed by atoms with E-state index in [1.807, 2.05) is 30.3 Å². The minimum atomic E-state index is -4.38. The molecular weight excluding hydrogens is 496 g/mol. The van der Waals surface area contributed by atoms with Crippen molar-refractivity contribution >= 4 is 35.8 Å². The van der Waals surface area contributed by atoms with E-state index in [-0.39, 0.29) is 43.0 Å². The van der Waals surface area contributed by atoms with Crippen LogP contribution >= 0.6 is 24.0 Å². The Bertz CT molecular complexity index is 798. The van der Waals surface area contributed by atoms with Gasteiger partial charge in [0.25, 0.3) is 0 Å². The van der Waals surface area contributed by atoms with Crippen molar-refractivity contribution in [3.8, 4) is 0 Å². The van der Waals surface area contributed by atoms with Gasteiger partial charge in [0, 0.05) is 20.1 Å². The molecule has 1 amide bonds. The van der Waals surface area contributed by atoms with Crippen LogP contribution in [0, 0.1) is 0 Å². The van der Waals surface area contributed by atoms with Gasteiger partial charge in [0.1, 0.15) is 0 Å². The molecule has 2 aromatic rings. The Morgan fingerprint density at radius 3 is 2.31 bits per heavy atom. The fraction of sp³-hybridized carbons (Fsp3) is 0.300. The molecule has 0 unspecified atom stereocenters. The number of guanidine groups is 1. The SMILES string of the molecule is CN=C(NCC(=O)NCCc1ccccc1)NCc1cccc(C(F)(F)F)c1.I. The zero-order chi connectivity index (χ0) is 20.4. The Balaban J connectivity index is 0.00000420. The van der Waals surface area contributed by atoms with E-state index in [4.69, 9.17) is 0 Å². The van der Waals surface area contributed by atoms with Crippen LogP contribution in [0.15, 0.2) is 59.6 Å². The highest BCUT2D eigenvalue weighted by molar-refractivity contribution is 14.0. The predicted molar refractivity (Wildman–Crippen MR) is 118 cm³/mol. The summed E-state index contributed by atoms with van der Waals surface area (Å²) in [5.41, 5.74) is 0.895. The lowest BCUT2D eigenvalue weighted by atomic mass is 10.1. The second-order valence-corrected chi connectivity index (χ2v) is 6.06. The quantitative estimate of drug-likeness (QED) is 0.298. The molecule has 0 aliphatic heterocycles. The molecule has 0 bridgehead atoms. The van der Waals surface area contributed by atoms with Crippen molar-refractivity contribution in [1.82, 2.24) is 16.0 Å². The molecule has 158 valence electrons. The van der Waals surface area contributed by atoms with Crippen LogP contribution in [-0.2, 0) is 23.9 Å². The van der Waals surface area contributed by atoms with Crippen molar-refractivity contribution in [2.45, 2.75) is 19.1 Å². The first-order valence-electron chi connectivity index (χ1n) is 8.80. The van der Waals surface area contributed by atoms with E-state index in [2.05, 4.69) is 20.9 Å². The van der Waals surface area contributed by atoms with Gasteiger partial charge in [-0.15, -0.1) is 24.0 Å². The number of alkyl halides is 3. The minimum Gasteiger partial charge on any atom is -0.354 e. The third kappa shape index (κ3) is 9.16. The second kappa shape index (κ2) is 12.3. The van der Waals surface area contributed by atoms with E-state index in [0.717, 1.165) is 24.1 Å². The van der Waals surface area contributed by atoms with Gasteiger partial charge in [-0.25, -0.2) is 0 Å². The fourth-order valence-electron chi connectivity index (χ4n) is 2.48. The number of amides is 1. The van der Waals surface area contributed by atoms with Crippen LogP contribution in [0.2, 0.25) is 0 Å². The van der Waals surface area contributed by atoms with Crippen LogP contribution in [0.25, 0.3) is 0 Å². The highest BCUT2D eigenvalue weighted by Gasteiger charge is 2.30.